The lowest BCUT2D eigenvalue weighted by Crippen LogP contribution is -2.45. The minimum absolute atomic E-state index is 0.152. The van der Waals surface area contributed by atoms with Gasteiger partial charge in [0.05, 0.1) is 29.5 Å². The lowest BCUT2D eigenvalue weighted by atomic mass is 9.91. The van der Waals surface area contributed by atoms with Crippen LogP contribution in [-0.2, 0) is 4.79 Å². The summed E-state index contributed by atoms with van der Waals surface area (Å²) in [5, 5.41) is 6.28. The molecule has 0 aliphatic carbocycles. The fourth-order valence-electron chi connectivity index (χ4n) is 3.61. The van der Waals surface area contributed by atoms with Gasteiger partial charge in [0.1, 0.15) is 0 Å². The average molecular weight is 288 g/mol. The standard InChI is InChI=1S/C16H24N4O/c1-3-13(17-2)14-7-6-11(9-18-14)20-8-4-5-12-15(20)10-19-16(12)21/h6-7,9,12-13,15,17H,3-5,8,10H2,1-2H3,(H,19,21). The van der Waals surface area contributed by atoms with E-state index in [-0.39, 0.29) is 11.8 Å². The second kappa shape index (κ2) is 6.02. The maximum Gasteiger partial charge on any atom is 0.225 e. The first-order chi connectivity index (χ1) is 10.2. The lowest BCUT2D eigenvalue weighted by molar-refractivity contribution is -0.122. The Morgan fingerprint density at radius 3 is 3.05 bits per heavy atom. The quantitative estimate of drug-likeness (QED) is 0.881. The monoisotopic (exact) mass is 288 g/mol. The van der Waals surface area contributed by atoms with Crippen LogP contribution in [0.1, 0.15) is 37.9 Å². The summed E-state index contributed by atoms with van der Waals surface area (Å²) in [5.41, 5.74) is 2.22. The average Bonchev–Trinajstić information content (AvgIpc) is 2.91. The SMILES string of the molecule is CCC(NC)c1ccc(N2CCCC3C(=O)NCC32)cn1. The van der Waals surface area contributed by atoms with Crippen LogP contribution >= 0.6 is 0 Å². The first-order valence-corrected chi connectivity index (χ1v) is 7.92. The fourth-order valence-corrected chi connectivity index (χ4v) is 3.61. The van der Waals surface area contributed by atoms with Crippen molar-refractivity contribution < 1.29 is 4.79 Å². The molecule has 2 saturated heterocycles. The van der Waals surface area contributed by atoms with Crippen molar-refractivity contribution in [2.45, 2.75) is 38.3 Å². The number of hydrogen-bond acceptors (Lipinski definition) is 4. The number of amides is 1. The van der Waals surface area contributed by atoms with Gasteiger partial charge in [0.25, 0.3) is 0 Å². The molecule has 3 heterocycles. The molecule has 0 spiro atoms. The number of fused-ring (bicyclic) bond motifs is 1. The minimum atomic E-state index is 0.152. The molecule has 5 heteroatoms. The normalized spacial score (nSPS) is 26.4. The van der Waals surface area contributed by atoms with Crippen molar-refractivity contribution in [3.63, 3.8) is 0 Å². The van der Waals surface area contributed by atoms with Crippen molar-refractivity contribution in [1.82, 2.24) is 15.6 Å². The van der Waals surface area contributed by atoms with Gasteiger partial charge in [-0.1, -0.05) is 6.92 Å². The Bertz CT molecular complexity index is 498. The van der Waals surface area contributed by atoms with E-state index < -0.39 is 0 Å². The number of nitrogens with one attached hydrogen (secondary N) is 2. The molecule has 114 valence electrons. The Morgan fingerprint density at radius 1 is 1.52 bits per heavy atom. The van der Waals surface area contributed by atoms with Crippen molar-refractivity contribution >= 4 is 11.6 Å². The predicted octanol–water partition coefficient (Wildman–Crippen LogP) is 1.47. The Labute approximate surface area is 126 Å². The molecular formula is C16H24N4O. The zero-order chi connectivity index (χ0) is 14.8. The van der Waals surface area contributed by atoms with E-state index in [4.69, 9.17) is 0 Å². The second-order valence-electron chi connectivity index (χ2n) is 5.95. The van der Waals surface area contributed by atoms with E-state index in [1.807, 2.05) is 13.2 Å². The maximum absolute atomic E-state index is 11.8. The van der Waals surface area contributed by atoms with E-state index in [2.05, 4.69) is 39.6 Å². The lowest BCUT2D eigenvalue weighted by Gasteiger charge is -2.37. The fraction of sp³-hybridized carbons (Fsp3) is 0.625. The van der Waals surface area contributed by atoms with Crippen molar-refractivity contribution in [3.8, 4) is 0 Å². The second-order valence-corrected chi connectivity index (χ2v) is 5.95. The molecule has 2 fully saturated rings. The summed E-state index contributed by atoms with van der Waals surface area (Å²) >= 11 is 0. The van der Waals surface area contributed by atoms with Crippen molar-refractivity contribution in [2.24, 2.45) is 5.92 Å². The van der Waals surface area contributed by atoms with Gasteiger partial charge in [0.15, 0.2) is 0 Å². The number of nitrogens with zero attached hydrogens (tertiary/aromatic N) is 2. The zero-order valence-electron chi connectivity index (χ0n) is 12.8. The van der Waals surface area contributed by atoms with E-state index in [0.717, 1.165) is 43.7 Å². The molecule has 2 aliphatic heterocycles. The number of aromatic nitrogens is 1. The molecule has 3 unspecified atom stereocenters. The Balaban J connectivity index is 1.79. The van der Waals surface area contributed by atoms with Crippen molar-refractivity contribution in [1.29, 1.82) is 0 Å². The summed E-state index contributed by atoms with van der Waals surface area (Å²) < 4.78 is 0. The number of rotatable bonds is 4. The smallest absolute Gasteiger partial charge is 0.225 e. The van der Waals surface area contributed by atoms with Crippen LogP contribution in [0.25, 0.3) is 0 Å². The number of anilines is 1. The summed E-state index contributed by atoms with van der Waals surface area (Å²) in [6, 6.07) is 4.86. The third-order valence-corrected chi connectivity index (χ3v) is 4.82. The van der Waals surface area contributed by atoms with Gasteiger partial charge < -0.3 is 15.5 Å². The molecule has 3 atom stereocenters. The van der Waals surface area contributed by atoms with E-state index >= 15 is 0 Å². The van der Waals surface area contributed by atoms with Crippen LogP contribution in [0.4, 0.5) is 5.69 Å². The van der Waals surface area contributed by atoms with E-state index in [1.54, 1.807) is 0 Å². The number of carbonyl (C=O) groups excluding carboxylic acids is 1. The van der Waals surface area contributed by atoms with Gasteiger partial charge >= 0.3 is 0 Å². The van der Waals surface area contributed by atoms with Crippen LogP contribution in [0.3, 0.4) is 0 Å². The van der Waals surface area contributed by atoms with E-state index in [9.17, 15) is 4.79 Å². The summed E-state index contributed by atoms with van der Waals surface area (Å²) in [6.07, 6.45) is 5.07. The summed E-state index contributed by atoms with van der Waals surface area (Å²) in [6.45, 7) is 3.93. The van der Waals surface area contributed by atoms with Crippen LogP contribution in [-0.4, -0.2) is 37.1 Å². The number of piperidine rings is 1. The van der Waals surface area contributed by atoms with Crippen molar-refractivity contribution in [2.75, 3.05) is 25.0 Å². The minimum Gasteiger partial charge on any atom is -0.365 e. The van der Waals surface area contributed by atoms with Gasteiger partial charge in [-0.15, -0.1) is 0 Å². The van der Waals surface area contributed by atoms with Crippen LogP contribution in [0.15, 0.2) is 18.3 Å². The molecule has 0 radical (unpaired) electrons. The summed E-state index contributed by atoms with van der Waals surface area (Å²) in [5.74, 6) is 0.370. The van der Waals surface area contributed by atoms with E-state index in [1.165, 1.54) is 0 Å². The van der Waals surface area contributed by atoms with Crippen LogP contribution in [0, 0.1) is 5.92 Å². The van der Waals surface area contributed by atoms with Gasteiger partial charge in [-0.2, -0.15) is 0 Å². The molecule has 1 aromatic heterocycles. The molecule has 21 heavy (non-hydrogen) atoms. The van der Waals surface area contributed by atoms with E-state index in [0.29, 0.717) is 12.1 Å². The molecule has 0 saturated carbocycles. The Hall–Kier alpha value is -1.62. The topological polar surface area (TPSA) is 57.3 Å². The molecule has 3 rings (SSSR count). The number of hydrogen-bond donors (Lipinski definition) is 2. The summed E-state index contributed by atoms with van der Waals surface area (Å²) in [7, 11) is 1.97. The van der Waals surface area contributed by atoms with Crippen molar-refractivity contribution in [3.05, 3.63) is 24.0 Å². The summed E-state index contributed by atoms with van der Waals surface area (Å²) in [4.78, 5) is 18.8. The van der Waals surface area contributed by atoms with Gasteiger partial charge in [-0.25, -0.2) is 0 Å². The maximum atomic E-state index is 11.8. The van der Waals surface area contributed by atoms with Gasteiger partial charge in [0.2, 0.25) is 5.91 Å². The molecule has 1 aromatic rings. The number of carbonyl (C=O) groups is 1. The zero-order valence-corrected chi connectivity index (χ0v) is 12.8. The highest BCUT2D eigenvalue weighted by atomic mass is 16.2. The highest BCUT2D eigenvalue weighted by Crippen LogP contribution is 2.31. The highest BCUT2D eigenvalue weighted by molar-refractivity contribution is 5.83. The predicted molar refractivity (Wildman–Crippen MR) is 83.2 cm³/mol. The molecular weight excluding hydrogens is 264 g/mol. The first kappa shape index (κ1) is 14.3. The molecule has 0 aromatic carbocycles. The third-order valence-electron chi connectivity index (χ3n) is 4.82. The highest BCUT2D eigenvalue weighted by Gasteiger charge is 2.40. The Kier molecular flexibility index (Phi) is 4.10. The van der Waals surface area contributed by atoms with Crippen LogP contribution < -0.4 is 15.5 Å². The molecule has 5 nitrogen and oxygen atoms in total. The van der Waals surface area contributed by atoms with Gasteiger partial charge in [0, 0.05) is 19.1 Å². The van der Waals surface area contributed by atoms with Crippen LogP contribution in [0.5, 0.6) is 0 Å². The molecule has 2 N–H and O–H groups in total. The molecule has 1 amide bonds. The third kappa shape index (κ3) is 2.62. The Morgan fingerprint density at radius 2 is 2.38 bits per heavy atom. The molecule has 0 bridgehead atoms. The molecule has 2 aliphatic rings. The largest absolute Gasteiger partial charge is 0.365 e. The first-order valence-electron chi connectivity index (χ1n) is 7.92. The number of pyridine rings is 1. The van der Waals surface area contributed by atoms with Gasteiger partial charge in [-0.3, -0.25) is 9.78 Å². The van der Waals surface area contributed by atoms with Crippen LogP contribution in [0.2, 0.25) is 0 Å². The van der Waals surface area contributed by atoms with Gasteiger partial charge in [-0.05, 0) is 38.4 Å².